The Balaban J connectivity index is 1.32. The molecule has 3 aromatic carbocycles. The summed E-state index contributed by atoms with van der Waals surface area (Å²) in [5.41, 5.74) is 3.62. The van der Waals surface area contributed by atoms with Crippen LogP contribution in [0.25, 0.3) is 11.1 Å². The van der Waals surface area contributed by atoms with Crippen LogP contribution in [0.1, 0.15) is 23.2 Å². The van der Waals surface area contributed by atoms with Gasteiger partial charge in [0, 0.05) is 36.3 Å². The number of hydrogen-bond donors (Lipinski definition) is 1. The molecule has 0 aromatic heterocycles. The maximum Gasteiger partial charge on any atom is 0.253 e. The number of methoxy groups -OCH3 is 1. The molecule has 0 unspecified atom stereocenters. The fourth-order valence-corrected chi connectivity index (χ4v) is 3.91. The van der Waals surface area contributed by atoms with Gasteiger partial charge in [0.2, 0.25) is 5.91 Å². The average molecular weight is 415 g/mol. The van der Waals surface area contributed by atoms with Crippen molar-refractivity contribution in [3.8, 4) is 16.9 Å². The topological polar surface area (TPSA) is 58.6 Å². The highest BCUT2D eigenvalue weighted by Gasteiger charge is 2.28. The Labute approximate surface area is 182 Å². The Bertz CT molecular complexity index is 1040. The van der Waals surface area contributed by atoms with Crippen molar-refractivity contribution >= 4 is 17.5 Å². The van der Waals surface area contributed by atoms with Crippen LogP contribution in [0.5, 0.6) is 5.75 Å². The molecule has 0 aliphatic carbocycles. The summed E-state index contributed by atoms with van der Waals surface area (Å²) >= 11 is 0. The summed E-state index contributed by atoms with van der Waals surface area (Å²) in [5.74, 6) is 0.617. The summed E-state index contributed by atoms with van der Waals surface area (Å²) in [6.07, 6.45) is 1.31. The van der Waals surface area contributed by atoms with Crippen LogP contribution < -0.4 is 10.1 Å². The van der Waals surface area contributed by atoms with E-state index in [4.69, 9.17) is 4.74 Å². The molecule has 158 valence electrons. The first-order valence-corrected chi connectivity index (χ1v) is 10.5. The number of carbonyl (C=O) groups excluding carboxylic acids is 2. The molecule has 1 saturated heterocycles. The Hall–Kier alpha value is -3.60. The lowest BCUT2D eigenvalue weighted by molar-refractivity contribution is -0.121. The Morgan fingerprint density at radius 1 is 0.871 bits per heavy atom. The second kappa shape index (κ2) is 9.47. The summed E-state index contributed by atoms with van der Waals surface area (Å²) in [4.78, 5) is 27.4. The lowest BCUT2D eigenvalue weighted by Crippen LogP contribution is -2.41. The largest absolute Gasteiger partial charge is 0.497 e. The van der Waals surface area contributed by atoms with E-state index in [9.17, 15) is 9.59 Å². The second-order valence-electron chi connectivity index (χ2n) is 7.73. The van der Waals surface area contributed by atoms with Gasteiger partial charge >= 0.3 is 0 Å². The molecule has 5 heteroatoms. The lowest BCUT2D eigenvalue weighted by Gasteiger charge is -2.31. The number of piperidine rings is 1. The number of nitrogens with zero attached hydrogens (tertiary/aromatic N) is 1. The van der Waals surface area contributed by atoms with Crippen molar-refractivity contribution in [3.63, 3.8) is 0 Å². The van der Waals surface area contributed by atoms with Gasteiger partial charge in [0.1, 0.15) is 5.75 Å². The van der Waals surface area contributed by atoms with Gasteiger partial charge in [0.25, 0.3) is 5.91 Å². The van der Waals surface area contributed by atoms with Crippen LogP contribution in [0.3, 0.4) is 0 Å². The third-order valence-corrected chi connectivity index (χ3v) is 5.73. The van der Waals surface area contributed by atoms with Gasteiger partial charge in [0.15, 0.2) is 0 Å². The normalized spacial score (nSPS) is 14.2. The number of anilines is 1. The molecule has 0 radical (unpaired) electrons. The molecule has 4 rings (SSSR count). The van der Waals surface area contributed by atoms with Gasteiger partial charge < -0.3 is 15.0 Å². The highest BCUT2D eigenvalue weighted by atomic mass is 16.5. The van der Waals surface area contributed by atoms with Gasteiger partial charge in [-0.25, -0.2) is 0 Å². The highest BCUT2D eigenvalue weighted by Crippen LogP contribution is 2.24. The summed E-state index contributed by atoms with van der Waals surface area (Å²) in [5, 5.41) is 2.96. The van der Waals surface area contributed by atoms with Crippen molar-refractivity contribution in [1.82, 2.24) is 4.90 Å². The molecule has 0 bridgehead atoms. The minimum absolute atomic E-state index is 0.00688. The third-order valence-electron chi connectivity index (χ3n) is 5.73. The second-order valence-corrected chi connectivity index (χ2v) is 7.73. The smallest absolute Gasteiger partial charge is 0.253 e. The lowest BCUT2D eigenvalue weighted by atomic mass is 9.95. The van der Waals surface area contributed by atoms with Crippen LogP contribution in [-0.2, 0) is 4.79 Å². The van der Waals surface area contributed by atoms with Crippen LogP contribution in [-0.4, -0.2) is 36.9 Å². The van der Waals surface area contributed by atoms with Crippen LogP contribution in [0, 0.1) is 5.92 Å². The van der Waals surface area contributed by atoms with E-state index in [1.165, 1.54) is 0 Å². The quantitative estimate of drug-likeness (QED) is 0.649. The van der Waals surface area contributed by atoms with Crippen molar-refractivity contribution in [3.05, 3.63) is 84.4 Å². The van der Waals surface area contributed by atoms with E-state index in [-0.39, 0.29) is 17.7 Å². The van der Waals surface area contributed by atoms with Gasteiger partial charge in [0.05, 0.1) is 7.11 Å². The van der Waals surface area contributed by atoms with Gasteiger partial charge in [-0.05, 0) is 48.2 Å². The molecule has 3 aromatic rings. The molecular weight excluding hydrogens is 388 g/mol. The van der Waals surface area contributed by atoms with Crippen LogP contribution in [0.4, 0.5) is 5.69 Å². The molecule has 1 aliphatic rings. The minimum Gasteiger partial charge on any atom is -0.497 e. The number of carbonyl (C=O) groups is 2. The van der Waals surface area contributed by atoms with Gasteiger partial charge in [-0.3, -0.25) is 9.59 Å². The SMILES string of the molecule is COc1cccc(NC(=O)C2CCN(C(=O)c3ccc(-c4ccccc4)cc3)CC2)c1. The standard InChI is InChI=1S/C26H26N2O3/c1-31-24-9-5-8-23(18-24)27-25(29)21-14-16-28(17-15-21)26(30)22-12-10-20(11-13-22)19-6-3-2-4-7-19/h2-13,18,21H,14-17H2,1H3,(H,27,29). The molecule has 0 saturated carbocycles. The molecule has 1 fully saturated rings. The van der Waals surface area contributed by atoms with Crippen LogP contribution in [0.2, 0.25) is 0 Å². The number of rotatable bonds is 5. The van der Waals surface area contributed by atoms with Crippen molar-refractivity contribution in [1.29, 1.82) is 0 Å². The molecule has 1 N–H and O–H groups in total. The zero-order valence-electron chi connectivity index (χ0n) is 17.6. The molecule has 0 spiro atoms. The number of ether oxygens (including phenoxy) is 1. The zero-order chi connectivity index (χ0) is 21.6. The summed E-state index contributed by atoms with van der Waals surface area (Å²) in [6, 6.07) is 25.2. The van der Waals surface area contributed by atoms with E-state index in [0.717, 1.165) is 16.8 Å². The fraction of sp³-hybridized carbons (Fsp3) is 0.231. The maximum absolute atomic E-state index is 12.9. The van der Waals surface area contributed by atoms with Gasteiger partial charge in [-0.2, -0.15) is 0 Å². The van der Waals surface area contributed by atoms with Crippen LogP contribution in [0.15, 0.2) is 78.9 Å². The Kier molecular flexibility index (Phi) is 6.32. The van der Waals surface area contributed by atoms with E-state index >= 15 is 0 Å². The Morgan fingerprint density at radius 3 is 2.23 bits per heavy atom. The van der Waals surface area contributed by atoms with Crippen molar-refractivity contribution in [2.24, 2.45) is 5.92 Å². The van der Waals surface area contributed by atoms with E-state index in [2.05, 4.69) is 17.4 Å². The first-order valence-electron chi connectivity index (χ1n) is 10.5. The van der Waals surface area contributed by atoms with Crippen molar-refractivity contribution in [2.75, 3.05) is 25.5 Å². The van der Waals surface area contributed by atoms with Crippen molar-refractivity contribution < 1.29 is 14.3 Å². The van der Waals surface area contributed by atoms with Crippen molar-refractivity contribution in [2.45, 2.75) is 12.8 Å². The maximum atomic E-state index is 12.9. The number of hydrogen-bond acceptors (Lipinski definition) is 3. The molecule has 0 atom stereocenters. The fourth-order valence-electron chi connectivity index (χ4n) is 3.91. The molecule has 1 heterocycles. The molecular formula is C26H26N2O3. The van der Waals surface area contributed by atoms with Gasteiger partial charge in [-0.15, -0.1) is 0 Å². The predicted molar refractivity (Wildman–Crippen MR) is 122 cm³/mol. The molecule has 31 heavy (non-hydrogen) atoms. The summed E-state index contributed by atoms with van der Waals surface area (Å²) < 4.78 is 5.20. The molecule has 5 nitrogen and oxygen atoms in total. The Morgan fingerprint density at radius 2 is 1.55 bits per heavy atom. The van der Waals surface area contributed by atoms with E-state index in [1.54, 1.807) is 13.2 Å². The van der Waals surface area contributed by atoms with Gasteiger partial charge in [-0.1, -0.05) is 48.5 Å². The number of benzene rings is 3. The molecule has 2 amide bonds. The minimum atomic E-state index is -0.101. The van der Waals surface area contributed by atoms with E-state index < -0.39 is 0 Å². The predicted octanol–water partition coefficient (Wildman–Crippen LogP) is 4.85. The van der Waals surface area contributed by atoms with E-state index in [0.29, 0.717) is 37.2 Å². The first kappa shape index (κ1) is 20.7. The third kappa shape index (κ3) is 4.94. The zero-order valence-corrected chi connectivity index (χ0v) is 17.6. The van der Waals surface area contributed by atoms with Crippen LogP contribution >= 0.6 is 0 Å². The number of likely N-dealkylation sites (tertiary alicyclic amines) is 1. The number of nitrogens with one attached hydrogen (secondary N) is 1. The monoisotopic (exact) mass is 414 g/mol. The number of amides is 2. The average Bonchev–Trinajstić information content (AvgIpc) is 2.84. The first-order chi connectivity index (χ1) is 15.1. The highest BCUT2D eigenvalue weighted by molar-refractivity contribution is 5.95. The molecule has 1 aliphatic heterocycles. The summed E-state index contributed by atoms with van der Waals surface area (Å²) in [6.45, 7) is 1.16. The summed E-state index contributed by atoms with van der Waals surface area (Å²) in [7, 11) is 1.60. The van der Waals surface area contributed by atoms with E-state index in [1.807, 2.05) is 65.6 Å².